The Balaban J connectivity index is 1.38. The Hall–Kier alpha value is -2.11. The summed E-state index contributed by atoms with van der Waals surface area (Å²) in [7, 11) is 0. The summed E-state index contributed by atoms with van der Waals surface area (Å²) in [4.78, 5) is 18.8. The lowest BCUT2D eigenvalue weighted by Crippen LogP contribution is -2.53. The molecule has 0 spiro atoms. The molecule has 0 atom stereocenters. The van der Waals surface area contributed by atoms with E-state index in [1.807, 2.05) is 18.2 Å². The first-order valence-electron chi connectivity index (χ1n) is 7.26. The molecule has 0 bridgehead atoms. The minimum atomic E-state index is -0.332. The predicted molar refractivity (Wildman–Crippen MR) is 92.5 cm³/mol. The number of hydrogen-bond acceptors (Lipinski definition) is 5. The molecule has 1 aromatic heterocycles. The number of fused-ring (bicyclic) bond motifs is 1. The number of aromatic nitrogens is 1. The van der Waals surface area contributed by atoms with Gasteiger partial charge in [-0.05, 0) is 30.3 Å². The van der Waals surface area contributed by atoms with E-state index in [-0.39, 0.29) is 12.1 Å². The lowest BCUT2D eigenvalue weighted by atomic mass is 10.2. The van der Waals surface area contributed by atoms with Crippen LogP contribution in [0.2, 0.25) is 5.02 Å². The number of ether oxygens (including phenoxy) is 1. The van der Waals surface area contributed by atoms with Gasteiger partial charge in [0, 0.05) is 5.02 Å². The first kappa shape index (κ1) is 14.5. The molecule has 4 rings (SSSR count). The standard InChI is InChI=1S/C17H13ClN2O2S/c18-12-5-3-4-11(8-12)16(21)22-13-9-20(10-13)17-19-14-6-1-2-7-15(14)23-17/h1-8,13H,9-10H2. The Morgan fingerprint density at radius 3 is 2.83 bits per heavy atom. The number of rotatable bonds is 3. The van der Waals surface area contributed by atoms with E-state index in [0.29, 0.717) is 23.7 Å². The second-order valence-electron chi connectivity index (χ2n) is 5.41. The summed E-state index contributed by atoms with van der Waals surface area (Å²) < 4.78 is 6.66. The summed E-state index contributed by atoms with van der Waals surface area (Å²) in [6.45, 7) is 1.35. The van der Waals surface area contributed by atoms with Crippen LogP contribution < -0.4 is 4.90 Å². The molecule has 0 N–H and O–H groups in total. The molecule has 6 heteroatoms. The van der Waals surface area contributed by atoms with Crippen LogP contribution in [0.25, 0.3) is 10.2 Å². The van der Waals surface area contributed by atoms with Gasteiger partial charge in [0.25, 0.3) is 0 Å². The highest BCUT2D eigenvalue weighted by molar-refractivity contribution is 7.22. The predicted octanol–water partition coefficient (Wildman–Crippen LogP) is 4.00. The molecule has 0 radical (unpaired) electrons. The number of carbonyl (C=O) groups is 1. The van der Waals surface area contributed by atoms with Crippen LogP contribution in [0.5, 0.6) is 0 Å². The van der Waals surface area contributed by atoms with Gasteiger partial charge in [-0.15, -0.1) is 0 Å². The fourth-order valence-electron chi connectivity index (χ4n) is 2.50. The smallest absolute Gasteiger partial charge is 0.338 e. The van der Waals surface area contributed by atoms with Crippen molar-refractivity contribution < 1.29 is 9.53 Å². The first-order valence-corrected chi connectivity index (χ1v) is 8.45. The molecule has 23 heavy (non-hydrogen) atoms. The van der Waals surface area contributed by atoms with E-state index in [2.05, 4.69) is 16.0 Å². The summed E-state index contributed by atoms with van der Waals surface area (Å²) in [5.74, 6) is -0.332. The molecule has 116 valence electrons. The first-order chi connectivity index (χ1) is 11.2. The zero-order valence-electron chi connectivity index (χ0n) is 12.1. The Bertz CT molecular complexity index is 841. The van der Waals surface area contributed by atoms with Gasteiger partial charge in [0.1, 0.15) is 6.10 Å². The molecule has 0 unspecified atom stereocenters. The number of esters is 1. The van der Waals surface area contributed by atoms with E-state index in [1.54, 1.807) is 35.6 Å². The van der Waals surface area contributed by atoms with Gasteiger partial charge in [0.15, 0.2) is 5.13 Å². The van der Waals surface area contributed by atoms with Gasteiger partial charge in [0.2, 0.25) is 0 Å². The maximum atomic E-state index is 12.1. The summed E-state index contributed by atoms with van der Waals surface area (Å²) >= 11 is 7.55. The SMILES string of the molecule is O=C(OC1CN(c2nc3ccccc3s2)C1)c1cccc(Cl)c1. The average molecular weight is 345 g/mol. The van der Waals surface area contributed by atoms with E-state index >= 15 is 0 Å². The molecule has 0 aliphatic carbocycles. The van der Waals surface area contributed by atoms with Crippen LogP contribution in [0.4, 0.5) is 5.13 Å². The molecule has 0 amide bonds. The molecule has 1 saturated heterocycles. The fourth-order valence-corrected chi connectivity index (χ4v) is 3.67. The van der Waals surface area contributed by atoms with Crippen molar-refractivity contribution in [3.05, 3.63) is 59.1 Å². The topological polar surface area (TPSA) is 42.4 Å². The van der Waals surface area contributed by atoms with Crippen molar-refractivity contribution in [2.24, 2.45) is 0 Å². The number of hydrogen-bond donors (Lipinski definition) is 0. The Morgan fingerprint density at radius 1 is 1.22 bits per heavy atom. The monoisotopic (exact) mass is 344 g/mol. The number of nitrogens with zero attached hydrogens (tertiary/aromatic N) is 2. The van der Waals surface area contributed by atoms with E-state index in [1.165, 1.54) is 4.70 Å². The average Bonchev–Trinajstić information content (AvgIpc) is 2.93. The highest BCUT2D eigenvalue weighted by Gasteiger charge is 2.32. The molecule has 1 fully saturated rings. The van der Waals surface area contributed by atoms with E-state index < -0.39 is 0 Å². The second-order valence-corrected chi connectivity index (χ2v) is 6.85. The van der Waals surface area contributed by atoms with Crippen LogP contribution in [-0.2, 0) is 4.74 Å². The Morgan fingerprint density at radius 2 is 2.04 bits per heavy atom. The van der Waals surface area contributed by atoms with Crippen molar-refractivity contribution in [3.63, 3.8) is 0 Å². The van der Waals surface area contributed by atoms with Crippen LogP contribution in [0.15, 0.2) is 48.5 Å². The molecule has 1 aliphatic heterocycles. The summed E-state index contributed by atoms with van der Waals surface area (Å²) in [5.41, 5.74) is 1.49. The maximum absolute atomic E-state index is 12.1. The van der Waals surface area contributed by atoms with Crippen LogP contribution >= 0.6 is 22.9 Å². The van der Waals surface area contributed by atoms with Crippen molar-refractivity contribution in [1.82, 2.24) is 4.98 Å². The fraction of sp³-hybridized carbons (Fsp3) is 0.176. The van der Waals surface area contributed by atoms with Crippen molar-refractivity contribution in [3.8, 4) is 0 Å². The van der Waals surface area contributed by atoms with Gasteiger partial charge >= 0.3 is 5.97 Å². The number of thiazole rings is 1. The number of carbonyl (C=O) groups excluding carboxylic acids is 1. The van der Waals surface area contributed by atoms with Crippen LogP contribution in [0.1, 0.15) is 10.4 Å². The van der Waals surface area contributed by atoms with Gasteiger partial charge < -0.3 is 9.64 Å². The van der Waals surface area contributed by atoms with Crippen molar-refractivity contribution in [1.29, 1.82) is 0 Å². The van der Waals surface area contributed by atoms with E-state index in [9.17, 15) is 4.79 Å². The summed E-state index contributed by atoms with van der Waals surface area (Å²) in [5, 5.41) is 1.51. The third-order valence-electron chi connectivity index (χ3n) is 3.74. The zero-order valence-corrected chi connectivity index (χ0v) is 13.7. The van der Waals surface area contributed by atoms with Crippen LogP contribution in [0.3, 0.4) is 0 Å². The third kappa shape index (κ3) is 2.90. The molecular formula is C17H13ClN2O2S. The number of anilines is 1. The Labute approximate surface area is 142 Å². The largest absolute Gasteiger partial charge is 0.455 e. The molecule has 4 nitrogen and oxygen atoms in total. The minimum Gasteiger partial charge on any atom is -0.455 e. The summed E-state index contributed by atoms with van der Waals surface area (Å²) in [6, 6.07) is 14.9. The van der Waals surface area contributed by atoms with Crippen molar-refractivity contribution >= 4 is 44.3 Å². The molecule has 1 aliphatic rings. The number of para-hydroxylation sites is 1. The van der Waals surface area contributed by atoms with E-state index in [0.717, 1.165) is 10.6 Å². The third-order valence-corrected chi connectivity index (χ3v) is 5.07. The van der Waals surface area contributed by atoms with Crippen molar-refractivity contribution in [2.45, 2.75) is 6.10 Å². The number of benzene rings is 2. The zero-order chi connectivity index (χ0) is 15.8. The highest BCUT2D eigenvalue weighted by atomic mass is 35.5. The lowest BCUT2D eigenvalue weighted by molar-refractivity contribution is 0.0234. The number of halogens is 1. The second kappa shape index (κ2) is 5.83. The maximum Gasteiger partial charge on any atom is 0.338 e. The molecule has 0 saturated carbocycles. The Kier molecular flexibility index (Phi) is 3.67. The van der Waals surface area contributed by atoms with Gasteiger partial charge in [-0.25, -0.2) is 9.78 Å². The quantitative estimate of drug-likeness (QED) is 0.674. The highest BCUT2D eigenvalue weighted by Crippen LogP contribution is 2.31. The lowest BCUT2D eigenvalue weighted by Gasteiger charge is -2.38. The summed E-state index contributed by atoms with van der Waals surface area (Å²) in [6.07, 6.45) is -0.103. The van der Waals surface area contributed by atoms with Gasteiger partial charge in [-0.2, -0.15) is 0 Å². The van der Waals surface area contributed by atoms with Gasteiger partial charge in [-0.3, -0.25) is 0 Å². The van der Waals surface area contributed by atoms with E-state index in [4.69, 9.17) is 16.3 Å². The molecule has 2 heterocycles. The van der Waals surface area contributed by atoms with Crippen LogP contribution in [0, 0.1) is 0 Å². The van der Waals surface area contributed by atoms with Gasteiger partial charge in [-0.1, -0.05) is 41.1 Å². The molecule has 3 aromatic rings. The van der Waals surface area contributed by atoms with Crippen LogP contribution in [-0.4, -0.2) is 30.1 Å². The molecular weight excluding hydrogens is 332 g/mol. The minimum absolute atomic E-state index is 0.103. The molecule has 2 aromatic carbocycles. The van der Waals surface area contributed by atoms with Gasteiger partial charge in [0.05, 0.1) is 28.9 Å². The van der Waals surface area contributed by atoms with Crippen molar-refractivity contribution in [2.75, 3.05) is 18.0 Å². The normalized spacial score (nSPS) is 14.7.